The Morgan fingerprint density at radius 1 is 1.27 bits per heavy atom. The third-order valence-electron chi connectivity index (χ3n) is 3.77. The van der Waals surface area contributed by atoms with Gasteiger partial charge >= 0.3 is 0 Å². The van der Waals surface area contributed by atoms with Crippen molar-refractivity contribution in [3.8, 4) is 0 Å². The van der Waals surface area contributed by atoms with Crippen molar-refractivity contribution in [1.82, 2.24) is 4.90 Å². The van der Waals surface area contributed by atoms with Crippen molar-refractivity contribution in [3.05, 3.63) is 0 Å². The van der Waals surface area contributed by atoms with Crippen LogP contribution >= 0.6 is 11.8 Å². The predicted octanol–water partition coefficient (Wildman–Crippen LogP) is 1.94. The average Bonchev–Trinajstić information content (AvgIpc) is 2.74. The van der Waals surface area contributed by atoms with Crippen LogP contribution in [0, 0.1) is 5.92 Å². The second kappa shape index (κ2) is 6.12. The summed E-state index contributed by atoms with van der Waals surface area (Å²) in [5.74, 6) is 3.75. The van der Waals surface area contributed by atoms with E-state index in [0.717, 1.165) is 18.5 Å². The summed E-state index contributed by atoms with van der Waals surface area (Å²) in [6.07, 6.45) is 6.86. The van der Waals surface area contributed by atoms with Gasteiger partial charge in [-0.15, -0.1) is 0 Å². The Morgan fingerprint density at radius 2 is 2.20 bits per heavy atom. The van der Waals surface area contributed by atoms with Crippen LogP contribution in [0.4, 0.5) is 0 Å². The van der Waals surface area contributed by atoms with Gasteiger partial charge in [-0.1, -0.05) is 6.42 Å². The van der Waals surface area contributed by atoms with Crippen molar-refractivity contribution in [3.63, 3.8) is 0 Å². The van der Waals surface area contributed by atoms with Crippen LogP contribution in [0.15, 0.2) is 0 Å². The van der Waals surface area contributed by atoms with Crippen LogP contribution < -0.4 is 5.73 Å². The van der Waals surface area contributed by atoms with Crippen molar-refractivity contribution < 1.29 is 0 Å². The molecule has 88 valence electrons. The molecule has 2 atom stereocenters. The molecule has 0 aromatic carbocycles. The number of hydrogen-bond donors (Lipinski definition) is 1. The highest BCUT2D eigenvalue weighted by atomic mass is 32.2. The molecule has 2 fully saturated rings. The molecular formula is C12H24N2S. The molecule has 0 amide bonds. The first-order valence-corrected chi connectivity index (χ1v) is 7.57. The van der Waals surface area contributed by atoms with Crippen LogP contribution in [0.25, 0.3) is 0 Å². The maximum absolute atomic E-state index is 5.70. The lowest BCUT2D eigenvalue weighted by Crippen LogP contribution is -2.43. The molecule has 2 N–H and O–H groups in total. The zero-order valence-corrected chi connectivity index (χ0v) is 10.5. The van der Waals surface area contributed by atoms with Crippen molar-refractivity contribution in [2.24, 2.45) is 11.7 Å². The second-order valence-corrected chi connectivity index (χ2v) is 6.10. The molecule has 2 nitrogen and oxygen atoms in total. The van der Waals surface area contributed by atoms with Gasteiger partial charge in [-0.25, -0.2) is 0 Å². The highest BCUT2D eigenvalue weighted by molar-refractivity contribution is 7.99. The quantitative estimate of drug-likeness (QED) is 0.797. The van der Waals surface area contributed by atoms with E-state index in [2.05, 4.69) is 16.7 Å². The van der Waals surface area contributed by atoms with Gasteiger partial charge in [-0.2, -0.15) is 11.8 Å². The molecule has 2 saturated heterocycles. The van der Waals surface area contributed by atoms with E-state index >= 15 is 0 Å². The van der Waals surface area contributed by atoms with Gasteiger partial charge in [-0.3, -0.25) is 0 Å². The Morgan fingerprint density at radius 3 is 2.93 bits per heavy atom. The fraction of sp³-hybridized carbons (Fsp3) is 1.00. The van der Waals surface area contributed by atoms with Gasteiger partial charge in [0.25, 0.3) is 0 Å². The van der Waals surface area contributed by atoms with Gasteiger partial charge < -0.3 is 10.6 Å². The standard InChI is InChI=1S/C12H24N2S/c13-6-4-12-3-1-2-7-14(12)9-11-5-8-15-10-11/h11-12H,1-10,13H2. The van der Waals surface area contributed by atoms with Gasteiger partial charge in [0.1, 0.15) is 0 Å². The minimum atomic E-state index is 0.800. The fourth-order valence-corrected chi connectivity index (χ4v) is 4.15. The Balaban J connectivity index is 1.80. The van der Waals surface area contributed by atoms with E-state index in [1.165, 1.54) is 56.7 Å². The van der Waals surface area contributed by atoms with Crippen LogP contribution in [0.5, 0.6) is 0 Å². The molecule has 0 aromatic rings. The summed E-state index contributed by atoms with van der Waals surface area (Å²) in [6, 6.07) is 0.800. The van der Waals surface area contributed by atoms with Crippen molar-refractivity contribution in [2.45, 2.75) is 38.1 Å². The topological polar surface area (TPSA) is 29.3 Å². The lowest BCUT2D eigenvalue weighted by atomic mass is 9.97. The molecule has 0 aromatic heterocycles. The second-order valence-electron chi connectivity index (χ2n) is 4.95. The maximum Gasteiger partial charge on any atom is 0.0107 e. The average molecular weight is 228 g/mol. The Kier molecular flexibility index (Phi) is 4.79. The molecule has 2 heterocycles. The van der Waals surface area contributed by atoms with E-state index in [-0.39, 0.29) is 0 Å². The largest absolute Gasteiger partial charge is 0.330 e. The smallest absolute Gasteiger partial charge is 0.0107 e. The summed E-state index contributed by atoms with van der Waals surface area (Å²) < 4.78 is 0. The van der Waals surface area contributed by atoms with Crippen LogP contribution in [0.2, 0.25) is 0 Å². The van der Waals surface area contributed by atoms with E-state index in [4.69, 9.17) is 5.73 Å². The zero-order chi connectivity index (χ0) is 10.5. The van der Waals surface area contributed by atoms with Crippen LogP contribution in [0.1, 0.15) is 32.1 Å². The Labute approximate surface area is 98.0 Å². The van der Waals surface area contributed by atoms with Gasteiger partial charge in [0, 0.05) is 12.6 Å². The normalized spacial score (nSPS) is 33.4. The summed E-state index contributed by atoms with van der Waals surface area (Å²) in [7, 11) is 0. The molecule has 3 heteroatoms. The van der Waals surface area contributed by atoms with Crippen molar-refractivity contribution in [1.29, 1.82) is 0 Å². The summed E-state index contributed by atoms with van der Waals surface area (Å²) in [6.45, 7) is 3.53. The summed E-state index contributed by atoms with van der Waals surface area (Å²) in [4.78, 5) is 2.73. The minimum Gasteiger partial charge on any atom is -0.330 e. The molecule has 0 spiro atoms. The SMILES string of the molecule is NCCC1CCCCN1CC1CCSC1. The molecule has 0 saturated carbocycles. The number of likely N-dealkylation sites (tertiary alicyclic amines) is 1. The van der Waals surface area contributed by atoms with E-state index in [0.29, 0.717) is 0 Å². The number of nitrogens with two attached hydrogens (primary N) is 1. The van der Waals surface area contributed by atoms with Crippen LogP contribution in [-0.2, 0) is 0 Å². The zero-order valence-electron chi connectivity index (χ0n) is 9.66. The predicted molar refractivity (Wildman–Crippen MR) is 68.3 cm³/mol. The minimum absolute atomic E-state index is 0.800. The highest BCUT2D eigenvalue weighted by Crippen LogP contribution is 2.27. The summed E-state index contributed by atoms with van der Waals surface area (Å²) in [5, 5.41) is 0. The van der Waals surface area contributed by atoms with E-state index in [1.54, 1.807) is 0 Å². The first kappa shape index (κ1) is 11.7. The van der Waals surface area contributed by atoms with Crippen molar-refractivity contribution >= 4 is 11.8 Å². The molecule has 15 heavy (non-hydrogen) atoms. The Hall–Kier alpha value is 0.270. The first-order chi connectivity index (χ1) is 7.40. The molecule has 2 aliphatic heterocycles. The molecule has 0 radical (unpaired) electrons. The number of hydrogen-bond acceptors (Lipinski definition) is 3. The van der Waals surface area contributed by atoms with Gasteiger partial charge in [-0.05, 0) is 56.2 Å². The van der Waals surface area contributed by atoms with Gasteiger partial charge in [0.05, 0.1) is 0 Å². The Bertz CT molecular complexity index is 178. The van der Waals surface area contributed by atoms with Gasteiger partial charge in [0.15, 0.2) is 0 Å². The van der Waals surface area contributed by atoms with E-state index in [9.17, 15) is 0 Å². The monoisotopic (exact) mass is 228 g/mol. The number of thioether (sulfide) groups is 1. The first-order valence-electron chi connectivity index (χ1n) is 6.42. The van der Waals surface area contributed by atoms with Crippen molar-refractivity contribution in [2.75, 3.05) is 31.1 Å². The van der Waals surface area contributed by atoms with Crippen LogP contribution in [-0.4, -0.2) is 42.1 Å². The maximum atomic E-state index is 5.70. The third-order valence-corrected chi connectivity index (χ3v) is 5.00. The van der Waals surface area contributed by atoms with Gasteiger partial charge in [0.2, 0.25) is 0 Å². The third kappa shape index (κ3) is 3.36. The van der Waals surface area contributed by atoms with Crippen LogP contribution in [0.3, 0.4) is 0 Å². The molecule has 2 unspecified atom stereocenters. The summed E-state index contributed by atoms with van der Waals surface area (Å²) in [5.41, 5.74) is 5.70. The fourth-order valence-electron chi connectivity index (χ4n) is 2.88. The highest BCUT2D eigenvalue weighted by Gasteiger charge is 2.25. The van der Waals surface area contributed by atoms with E-state index < -0.39 is 0 Å². The molecule has 2 aliphatic rings. The lowest BCUT2D eigenvalue weighted by molar-refractivity contribution is 0.124. The molecule has 0 aliphatic carbocycles. The number of rotatable bonds is 4. The lowest BCUT2D eigenvalue weighted by Gasteiger charge is -2.37. The molecular weight excluding hydrogens is 204 g/mol. The number of piperidine rings is 1. The number of nitrogens with zero attached hydrogens (tertiary/aromatic N) is 1. The van der Waals surface area contributed by atoms with E-state index in [1.807, 2.05) is 0 Å². The molecule has 0 bridgehead atoms. The summed E-state index contributed by atoms with van der Waals surface area (Å²) >= 11 is 2.13. The molecule has 2 rings (SSSR count).